The van der Waals surface area contributed by atoms with Gasteiger partial charge in [-0.25, -0.2) is 0 Å². The van der Waals surface area contributed by atoms with Gasteiger partial charge < -0.3 is 15.2 Å². The van der Waals surface area contributed by atoms with E-state index in [1.165, 1.54) is 12.8 Å². The van der Waals surface area contributed by atoms with Crippen LogP contribution in [0.4, 0.5) is 0 Å². The number of methoxy groups -OCH3 is 2. The topological polar surface area (TPSA) is 44.5 Å². The number of hydrogen-bond donors (Lipinski definition) is 1. The van der Waals surface area contributed by atoms with Crippen LogP contribution in [-0.2, 0) is 9.47 Å². The van der Waals surface area contributed by atoms with Crippen molar-refractivity contribution >= 4 is 0 Å². The Labute approximate surface area is 74.2 Å². The second-order valence-corrected chi connectivity index (χ2v) is 3.40. The molecule has 2 N–H and O–H groups in total. The minimum atomic E-state index is 0.203. The quantitative estimate of drug-likeness (QED) is 0.685. The van der Waals surface area contributed by atoms with Crippen LogP contribution in [0.1, 0.15) is 19.3 Å². The lowest BCUT2D eigenvalue weighted by Crippen LogP contribution is -2.43. The summed E-state index contributed by atoms with van der Waals surface area (Å²) in [4.78, 5) is 0. The van der Waals surface area contributed by atoms with Gasteiger partial charge in [0.25, 0.3) is 0 Å². The van der Waals surface area contributed by atoms with E-state index in [0.29, 0.717) is 12.5 Å². The van der Waals surface area contributed by atoms with Crippen LogP contribution in [-0.4, -0.2) is 33.0 Å². The van der Waals surface area contributed by atoms with Gasteiger partial charge in [-0.2, -0.15) is 0 Å². The lowest BCUT2D eigenvalue weighted by Gasteiger charge is -2.35. The molecule has 0 aromatic rings. The van der Waals surface area contributed by atoms with Gasteiger partial charge in [0, 0.05) is 14.2 Å². The number of hydrogen-bond acceptors (Lipinski definition) is 3. The van der Waals surface area contributed by atoms with Gasteiger partial charge >= 0.3 is 0 Å². The first kappa shape index (κ1) is 9.96. The minimum absolute atomic E-state index is 0.203. The summed E-state index contributed by atoms with van der Waals surface area (Å²) in [7, 11) is 3.49. The van der Waals surface area contributed by atoms with Crippen LogP contribution in [0.5, 0.6) is 0 Å². The van der Waals surface area contributed by atoms with Crippen LogP contribution in [0.15, 0.2) is 0 Å². The van der Waals surface area contributed by atoms with Crippen LogP contribution in [0, 0.1) is 5.92 Å². The van der Waals surface area contributed by atoms with Crippen LogP contribution < -0.4 is 5.73 Å². The van der Waals surface area contributed by atoms with Gasteiger partial charge in [-0.3, -0.25) is 0 Å². The maximum absolute atomic E-state index is 5.65. The average molecular weight is 173 g/mol. The number of ether oxygens (including phenoxy) is 2. The standard InChI is InChI=1S/C9H19NO2/c1-11-8-5-3-4-7(6-10)9(8)12-2/h7-9H,3-6,10H2,1-2H3. The molecule has 3 nitrogen and oxygen atoms in total. The highest BCUT2D eigenvalue weighted by atomic mass is 16.5. The molecule has 1 aliphatic carbocycles. The molecule has 1 rings (SSSR count). The summed E-state index contributed by atoms with van der Waals surface area (Å²) in [5, 5.41) is 0. The van der Waals surface area contributed by atoms with Crippen LogP contribution >= 0.6 is 0 Å². The van der Waals surface area contributed by atoms with Gasteiger partial charge in [-0.1, -0.05) is 6.42 Å². The molecule has 72 valence electrons. The molecule has 3 unspecified atom stereocenters. The summed E-state index contributed by atoms with van der Waals surface area (Å²) < 4.78 is 10.7. The summed E-state index contributed by atoms with van der Waals surface area (Å²) in [6, 6.07) is 0. The zero-order valence-electron chi connectivity index (χ0n) is 7.95. The molecule has 0 heterocycles. The van der Waals surface area contributed by atoms with E-state index in [9.17, 15) is 0 Å². The molecule has 0 radical (unpaired) electrons. The molecule has 1 saturated carbocycles. The molecule has 0 amide bonds. The summed E-state index contributed by atoms with van der Waals surface area (Å²) in [5.74, 6) is 0.480. The second-order valence-electron chi connectivity index (χ2n) is 3.40. The van der Waals surface area contributed by atoms with Gasteiger partial charge in [-0.05, 0) is 25.3 Å². The predicted molar refractivity (Wildman–Crippen MR) is 48.0 cm³/mol. The van der Waals surface area contributed by atoms with E-state index in [4.69, 9.17) is 15.2 Å². The molecule has 0 spiro atoms. The summed E-state index contributed by atoms with van der Waals surface area (Å²) in [5.41, 5.74) is 5.65. The molecular weight excluding hydrogens is 154 g/mol. The largest absolute Gasteiger partial charge is 0.379 e. The van der Waals surface area contributed by atoms with Crippen molar-refractivity contribution in [2.45, 2.75) is 31.5 Å². The van der Waals surface area contributed by atoms with Crippen LogP contribution in [0.3, 0.4) is 0 Å². The average Bonchev–Trinajstić information content (AvgIpc) is 2.16. The lowest BCUT2D eigenvalue weighted by atomic mass is 9.84. The summed E-state index contributed by atoms with van der Waals surface area (Å²) in [6.45, 7) is 0.707. The van der Waals surface area contributed by atoms with E-state index < -0.39 is 0 Å². The first-order valence-corrected chi connectivity index (χ1v) is 4.59. The smallest absolute Gasteiger partial charge is 0.0872 e. The van der Waals surface area contributed by atoms with Gasteiger partial charge in [0.2, 0.25) is 0 Å². The number of rotatable bonds is 3. The normalized spacial score (nSPS) is 36.8. The van der Waals surface area contributed by atoms with Crippen molar-refractivity contribution in [3.63, 3.8) is 0 Å². The van der Waals surface area contributed by atoms with Crippen molar-refractivity contribution in [2.75, 3.05) is 20.8 Å². The monoisotopic (exact) mass is 173 g/mol. The fourth-order valence-electron chi connectivity index (χ4n) is 2.06. The maximum Gasteiger partial charge on any atom is 0.0872 e. The van der Waals surface area contributed by atoms with Crippen molar-refractivity contribution in [1.82, 2.24) is 0 Å². The number of nitrogens with two attached hydrogens (primary N) is 1. The molecule has 1 fully saturated rings. The zero-order valence-corrected chi connectivity index (χ0v) is 7.95. The van der Waals surface area contributed by atoms with E-state index in [2.05, 4.69) is 0 Å². The Morgan fingerprint density at radius 2 is 2.00 bits per heavy atom. The van der Waals surface area contributed by atoms with Crippen LogP contribution in [0.2, 0.25) is 0 Å². The van der Waals surface area contributed by atoms with Gasteiger partial charge in [0.05, 0.1) is 12.2 Å². The highest BCUT2D eigenvalue weighted by Crippen LogP contribution is 2.27. The Morgan fingerprint density at radius 3 is 2.50 bits per heavy atom. The SMILES string of the molecule is COC1CCCC(CN)C1OC. The van der Waals surface area contributed by atoms with Crippen molar-refractivity contribution in [3.05, 3.63) is 0 Å². The van der Waals surface area contributed by atoms with Gasteiger partial charge in [0.15, 0.2) is 0 Å². The third kappa shape index (κ3) is 1.97. The molecule has 1 aliphatic rings. The van der Waals surface area contributed by atoms with E-state index in [0.717, 1.165) is 6.42 Å². The third-order valence-corrected chi connectivity index (χ3v) is 2.77. The minimum Gasteiger partial charge on any atom is -0.379 e. The molecule has 0 aromatic heterocycles. The lowest BCUT2D eigenvalue weighted by molar-refractivity contribution is -0.0846. The van der Waals surface area contributed by atoms with E-state index in [-0.39, 0.29) is 12.2 Å². The molecule has 0 aromatic carbocycles. The summed E-state index contributed by atoms with van der Waals surface area (Å²) in [6.07, 6.45) is 3.94. The maximum atomic E-state index is 5.65. The highest BCUT2D eigenvalue weighted by molar-refractivity contribution is 4.84. The van der Waals surface area contributed by atoms with Gasteiger partial charge in [-0.15, -0.1) is 0 Å². The zero-order chi connectivity index (χ0) is 8.97. The Kier molecular flexibility index (Phi) is 3.98. The van der Waals surface area contributed by atoms with Gasteiger partial charge in [0.1, 0.15) is 0 Å². The fraction of sp³-hybridized carbons (Fsp3) is 1.00. The first-order chi connectivity index (χ1) is 5.83. The fourth-order valence-corrected chi connectivity index (χ4v) is 2.06. The summed E-state index contributed by atoms with van der Waals surface area (Å²) >= 11 is 0. The molecule has 12 heavy (non-hydrogen) atoms. The Balaban J connectivity index is 2.52. The van der Waals surface area contributed by atoms with E-state index in [1.54, 1.807) is 14.2 Å². The molecule has 0 aliphatic heterocycles. The van der Waals surface area contributed by atoms with Crippen molar-refractivity contribution in [3.8, 4) is 0 Å². The molecule has 0 saturated heterocycles. The highest BCUT2D eigenvalue weighted by Gasteiger charge is 2.32. The third-order valence-electron chi connectivity index (χ3n) is 2.77. The molecule has 0 bridgehead atoms. The van der Waals surface area contributed by atoms with Crippen LogP contribution in [0.25, 0.3) is 0 Å². The molecule has 3 heteroatoms. The van der Waals surface area contributed by atoms with Crippen molar-refractivity contribution in [2.24, 2.45) is 11.7 Å². The Bertz CT molecular complexity index is 118. The predicted octanol–water partition coefficient (Wildman–Crippen LogP) is 0.775. The van der Waals surface area contributed by atoms with E-state index in [1.807, 2.05) is 0 Å². The van der Waals surface area contributed by atoms with Crippen molar-refractivity contribution in [1.29, 1.82) is 0 Å². The first-order valence-electron chi connectivity index (χ1n) is 4.59. The van der Waals surface area contributed by atoms with E-state index >= 15 is 0 Å². The Hall–Kier alpha value is -0.120. The molecule has 3 atom stereocenters. The molecular formula is C9H19NO2. The second kappa shape index (κ2) is 4.80. The van der Waals surface area contributed by atoms with Crippen molar-refractivity contribution < 1.29 is 9.47 Å². The Morgan fingerprint density at radius 1 is 1.25 bits per heavy atom.